The molecule has 0 aliphatic heterocycles. The van der Waals surface area contributed by atoms with E-state index in [-0.39, 0.29) is 0 Å². The molecule has 4 heteroatoms. The fourth-order valence-electron chi connectivity index (χ4n) is 1.44. The fourth-order valence-corrected chi connectivity index (χ4v) is 2.29. The zero-order chi connectivity index (χ0) is 12.0. The van der Waals surface area contributed by atoms with E-state index in [1.165, 1.54) is 11.1 Å². The molecule has 0 bridgehead atoms. The number of nitrogens with two attached hydrogens (primary N) is 1. The summed E-state index contributed by atoms with van der Waals surface area (Å²) < 4.78 is 10.5. The number of hydrogen-bond donors (Lipinski definition) is 1. The van der Waals surface area contributed by atoms with Crippen LogP contribution >= 0.6 is 11.8 Å². The topological polar surface area (TPSA) is 44.5 Å². The Balaban J connectivity index is 2.84. The Morgan fingerprint density at radius 1 is 1.19 bits per heavy atom. The molecule has 3 nitrogen and oxygen atoms in total. The van der Waals surface area contributed by atoms with Crippen LogP contribution in [0.15, 0.2) is 12.1 Å². The first-order valence-corrected chi connectivity index (χ1v) is 6.37. The summed E-state index contributed by atoms with van der Waals surface area (Å²) in [6.45, 7) is 2.80. The van der Waals surface area contributed by atoms with E-state index < -0.39 is 0 Å². The number of aryl methyl sites for hydroxylation is 1. The molecule has 0 aliphatic carbocycles. The summed E-state index contributed by atoms with van der Waals surface area (Å²) in [6, 6.07) is 4.05. The normalized spacial score (nSPS) is 10.2. The van der Waals surface area contributed by atoms with Crippen molar-refractivity contribution in [1.29, 1.82) is 0 Å². The Bertz CT molecular complexity index is 342. The van der Waals surface area contributed by atoms with Crippen molar-refractivity contribution < 1.29 is 9.47 Å². The van der Waals surface area contributed by atoms with E-state index >= 15 is 0 Å². The van der Waals surface area contributed by atoms with Crippen LogP contribution in [0.3, 0.4) is 0 Å². The van der Waals surface area contributed by atoms with Gasteiger partial charge in [-0.2, -0.15) is 11.8 Å². The monoisotopic (exact) mass is 241 g/mol. The zero-order valence-corrected chi connectivity index (χ0v) is 10.9. The maximum absolute atomic E-state index is 5.47. The Morgan fingerprint density at radius 3 is 2.38 bits per heavy atom. The van der Waals surface area contributed by atoms with Crippen molar-refractivity contribution in [1.82, 2.24) is 0 Å². The largest absolute Gasteiger partial charge is 0.493 e. The van der Waals surface area contributed by atoms with E-state index in [0.29, 0.717) is 0 Å². The maximum Gasteiger partial charge on any atom is 0.161 e. The summed E-state index contributed by atoms with van der Waals surface area (Å²) in [4.78, 5) is 0. The summed E-state index contributed by atoms with van der Waals surface area (Å²) in [6.07, 6.45) is 0. The van der Waals surface area contributed by atoms with Gasteiger partial charge in [-0.05, 0) is 30.2 Å². The minimum absolute atomic E-state index is 0.719. The fraction of sp³-hybridized carbons (Fsp3) is 0.500. The van der Waals surface area contributed by atoms with E-state index in [2.05, 4.69) is 6.92 Å². The summed E-state index contributed by atoms with van der Waals surface area (Å²) in [5.74, 6) is 3.51. The molecule has 0 spiro atoms. The molecule has 1 rings (SSSR count). The maximum atomic E-state index is 5.47. The number of benzene rings is 1. The van der Waals surface area contributed by atoms with Gasteiger partial charge in [0.1, 0.15) is 0 Å². The molecule has 16 heavy (non-hydrogen) atoms. The number of rotatable bonds is 6. The highest BCUT2D eigenvalue weighted by Gasteiger charge is 2.08. The van der Waals surface area contributed by atoms with Gasteiger partial charge in [-0.3, -0.25) is 0 Å². The number of methoxy groups -OCH3 is 2. The van der Waals surface area contributed by atoms with Crippen LogP contribution in [0.2, 0.25) is 0 Å². The van der Waals surface area contributed by atoms with Gasteiger partial charge < -0.3 is 15.2 Å². The van der Waals surface area contributed by atoms with E-state index in [9.17, 15) is 0 Å². The minimum Gasteiger partial charge on any atom is -0.493 e. The van der Waals surface area contributed by atoms with Crippen molar-refractivity contribution >= 4 is 11.8 Å². The molecule has 0 unspecified atom stereocenters. The van der Waals surface area contributed by atoms with Crippen LogP contribution in [0.5, 0.6) is 11.5 Å². The molecule has 1 aromatic rings. The first-order valence-electron chi connectivity index (χ1n) is 5.22. The number of thioether (sulfide) groups is 1. The first kappa shape index (κ1) is 13.2. The van der Waals surface area contributed by atoms with Crippen molar-refractivity contribution in [2.45, 2.75) is 12.7 Å². The number of ether oxygens (including phenoxy) is 2. The Labute approximate surface area is 101 Å². The van der Waals surface area contributed by atoms with Gasteiger partial charge in [0.05, 0.1) is 14.2 Å². The molecule has 0 radical (unpaired) electrons. The third-order valence-electron chi connectivity index (χ3n) is 2.36. The van der Waals surface area contributed by atoms with Crippen molar-refractivity contribution in [2.24, 2.45) is 5.73 Å². The van der Waals surface area contributed by atoms with Crippen molar-refractivity contribution in [3.8, 4) is 11.5 Å². The summed E-state index contributed by atoms with van der Waals surface area (Å²) in [5, 5.41) is 0. The molecule has 0 fully saturated rings. The van der Waals surface area contributed by atoms with Crippen LogP contribution in [0, 0.1) is 6.92 Å². The standard InChI is InChI=1S/C12H19NO2S/c1-9-6-11(14-2)12(15-3)7-10(9)8-16-5-4-13/h6-7H,4-5,8,13H2,1-3H3. The number of hydrogen-bond acceptors (Lipinski definition) is 4. The smallest absolute Gasteiger partial charge is 0.161 e. The van der Waals surface area contributed by atoms with Crippen LogP contribution in [-0.2, 0) is 5.75 Å². The van der Waals surface area contributed by atoms with Gasteiger partial charge in [-0.25, -0.2) is 0 Å². The molecule has 0 aliphatic rings. The SMILES string of the molecule is COc1cc(C)c(CSCCN)cc1OC. The Kier molecular flexibility index (Phi) is 5.49. The molecular formula is C12H19NO2S. The van der Waals surface area contributed by atoms with Gasteiger partial charge in [0.25, 0.3) is 0 Å². The Hall–Kier alpha value is -0.870. The Morgan fingerprint density at radius 2 is 1.81 bits per heavy atom. The molecule has 0 aromatic heterocycles. The van der Waals surface area contributed by atoms with Crippen LogP contribution in [0.1, 0.15) is 11.1 Å². The zero-order valence-electron chi connectivity index (χ0n) is 10.1. The lowest BCUT2D eigenvalue weighted by Gasteiger charge is -2.12. The minimum atomic E-state index is 0.719. The molecule has 0 atom stereocenters. The van der Waals surface area contributed by atoms with Gasteiger partial charge in [-0.1, -0.05) is 0 Å². The van der Waals surface area contributed by atoms with Crippen LogP contribution in [-0.4, -0.2) is 26.5 Å². The molecule has 0 amide bonds. The molecular weight excluding hydrogens is 222 g/mol. The highest BCUT2D eigenvalue weighted by Crippen LogP contribution is 2.31. The van der Waals surface area contributed by atoms with E-state index in [4.69, 9.17) is 15.2 Å². The predicted molar refractivity (Wildman–Crippen MR) is 69.5 cm³/mol. The third-order valence-corrected chi connectivity index (χ3v) is 3.40. The lowest BCUT2D eigenvalue weighted by Crippen LogP contribution is -2.02. The average Bonchev–Trinajstić information content (AvgIpc) is 2.31. The van der Waals surface area contributed by atoms with Gasteiger partial charge in [0, 0.05) is 18.1 Å². The summed E-state index contributed by atoms with van der Waals surface area (Å²) in [7, 11) is 3.31. The van der Waals surface area contributed by atoms with Crippen molar-refractivity contribution in [3.63, 3.8) is 0 Å². The molecule has 0 saturated heterocycles. The van der Waals surface area contributed by atoms with Crippen LogP contribution < -0.4 is 15.2 Å². The molecule has 90 valence electrons. The molecule has 0 saturated carbocycles. The van der Waals surface area contributed by atoms with E-state index in [0.717, 1.165) is 29.5 Å². The molecule has 1 aromatic carbocycles. The average molecular weight is 241 g/mol. The highest BCUT2D eigenvalue weighted by atomic mass is 32.2. The van der Waals surface area contributed by atoms with Crippen molar-refractivity contribution in [3.05, 3.63) is 23.3 Å². The third kappa shape index (κ3) is 3.32. The van der Waals surface area contributed by atoms with Gasteiger partial charge in [0.2, 0.25) is 0 Å². The summed E-state index contributed by atoms with van der Waals surface area (Å²) in [5.41, 5.74) is 7.97. The van der Waals surface area contributed by atoms with E-state index in [1.807, 2.05) is 23.9 Å². The lowest BCUT2D eigenvalue weighted by molar-refractivity contribution is 0.354. The second-order valence-corrected chi connectivity index (χ2v) is 4.58. The van der Waals surface area contributed by atoms with Gasteiger partial charge >= 0.3 is 0 Å². The second kappa shape index (κ2) is 6.66. The lowest BCUT2D eigenvalue weighted by atomic mass is 10.1. The first-order chi connectivity index (χ1) is 7.72. The van der Waals surface area contributed by atoms with Gasteiger partial charge in [0.15, 0.2) is 11.5 Å². The van der Waals surface area contributed by atoms with Gasteiger partial charge in [-0.15, -0.1) is 0 Å². The van der Waals surface area contributed by atoms with Crippen LogP contribution in [0.25, 0.3) is 0 Å². The van der Waals surface area contributed by atoms with Crippen LogP contribution in [0.4, 0.5) is 0 Å². The second-order valence-electron chi connectivity index (χ2n) is 3.47. The summed E-state index contributed by atoms with van der Waals surface area (Å²) >= 11 is 1.83. The molecule has 2 N–H and O–H groups in total. The van der Waals surface area contributed by atoms with E-state index in [1.54, 1.807) is 14.2 Å². The highest BCUT2D eigenvalue weighted by molar-refractivity contribution is 7.98. The van der Waals surface area contributed by atoms with Crippen molar-refractivity contribution in [2.75, 3.05) is 26.5 Å². The molecule has 0 heterocycles. The predicted octanol–water partition coefficient (Wildman–Crippen LogP) is 2.20. The quantitative estimate of drug-likeness (QED) is 0.776.